The quantitative estimate of drug-likeness (QED) is 0.928. The van der Waals surface area contributed by atoms with Crippen molar-refractivity contribution >= 4 is 11.8 Å². The lowest BCUT2D eigenvalue weighted by molar-refractivity contribution is -0.143. The lowest BCUT2D eigenvalue weighted by Crippen LogP contribution is -2.46. The molecule has 2 atom stereocenters. The summed E-state index contributed by atoms with van der Waals surface area (Å²) in [4.78, 5) is 26.5. The molecular weight excluding hydrogens is 282 g/mol. The first-order valence-corrected chi connectivity index (χ1v) is 7.40. The van der Waals surface area contributed by atoms with Crippen LogP contribution in [0.1, 0.15) is 25.6 Å². The molecule has 7 nitrogen and oxygen atoms in total. The number of aryl methyl sites for hydroxylation is 1. The van der Waals surface area contributed by atoms with E-state index in [1.54, 1.807) is 12.4 Å². The van der Waals surface area contributed by atoms with Gasteiger partial charge in [0.2, 0.25) is 5.95 Å². The molecule has 22 heavy (non-hydrogen) atoms. The van der Waals surface area contributed by atoms with Crippen LogP contribution in [-0.2, 0) is 4.79 Å². The van der Waals surface area contributed by atoms with E-state index in [0.717, 1.165) is 24.6 Å². The number of nitrogens with zero attached hydrogens (tertiary/aromatic N) is 5. The van der Waals surface area contributed by atoms with E-state index in [0.29, 0.717) is 12.4 Å². The van der Waals surface area contributed by atoms with Crippen LogP contribution in [0.4, 0.5) is 5.82 Å². The van der Waals surface area contributed by atoms with Crippen molar-refractivity contribution in [2.75, 3.05) is 11.4 Å². The van der Waals surface area contributed by atoms with Gasteiger partial charge in [0.15, 0.2) is 0 Å². The monoisotopic (exact) mass is 301 g/mol. The Balaban J connectivity index is 1.92. The minimum atomic E-state index is -0.739. The molecule has 1 aliphatic heterocycles. The number of carbonyl (C=O) groups is 1. The van der Waals surface area contributed by atoms with Gasteiger partial charge < -0.3 is 10.0 Å². The maximum absolute atomic E-state index is 11.4. The number of piperidine rings is 1. The fourth-order valence-corrected chi connectivity index (χ4v) is 3.00. The highest BCUT2D eigenvalue weighted by molar-refractivity contribution is 5.72. The van der Waals surface area contributed by atoms with E-state index in [-0.39, 0.29) is 12.0 Å². The first-order chi connectivity index (χ1) is 10.6. The van der Waals surface area contributed by atoms with Crippen LogP contribution in [-0.4, -0.2) is 43.2 Å². The van der Waals surface area contributed by atoms with Crippen molar-refractivity contribution < 1.29 is 9.90 Å². The molecule has 1 N–H and O–H groups in total. The maximum Gasteiger partial charge on any atom is 0.308 e. The Hall–Kier alpha value is -2.44. The average molecular weight is 301 g/mol. The number of aliphatic carboxylic acids is 1. The molecule has 2 aromatic rings. The summed E-state index contributed by atoms with van der Waals surface area (Å²) in [5.41, 5.74) is 0. The fourth-order valence-electron chi connectivity index (χ4n) is 3.00. The number of imidazole rings is 1. The Bertz CT molecular complexity index is 684. The molecule has 3 heterocycles. The Morgan fingerprint density at radius 3 is 2.86 bits per heavy atom. The molecule has 7 heteroatoms. The standard InChI is InChI=1S/C15H19N5O2/c1-10-12(14(21)22)4-3-8-19(10)13-5-6-17-15(18-13)20-9-7-16-11(20)2/h5-7,9-10,12H,3-4,8H2,1-2H3,(H,21,22)/t10-,12-/m1/s1. The summed E-state index contributed by atoms with van der Waals surface area (Å²) in [5, 5.41) is 9.34. The summed E-state index contributed by atoms with van der Waals surface area (Å²) >= 11 is 0. The Morgan fingerprint density at radius 2 is 2.18 bits per heavy atom. The fraction of sp³-hybridized carbons (Fsp3) is 0.467. The van der Waals surface area contributed by atoms with Crippen molar-refractivity contribution in [3.05, 3.63) is 30.5 Å². The van der Waals surface area contributed by atoms with Gasteiger partial charge in [-0.1, -0.05) is 0 Å². The second-order valence-electron chi connectivity index (χ2n) is 5.58. The summed E-state index contributed by atoms with van der Waals surface area (Å²) in [6.07, 6.45) is 6.79. The van der Waals surface area contributed by atoms with E-state index in [9.17, 15) is 9.90 Å². The predicted octanol–water partition coefficient (Wildman–Crippen LogP) is 1.66. The molecule has 0 aromatic carbocycles. The molecular formula is C15H19N5O2. The first-order valence-electron chi connectivity index (χ1n) is 7.40. The SMILES string of the molecule is Cc1nccn1-c1nccc(N2CCC[C@@H](C(=O)O)[C@H]2C)n1. The summed E-state index contributed by atoms with van der Waals surface area (Å²) in [5.74, 6) is 1.03. The average Bonchev–Trinajstić information content (AvgIpc) is 2.93. The molecule has 1 aliphatic rings. The number of hydrogen-bond donors (Lipinski definition) is 1. The smallest absolute Gasteiger partial charge is 0.308 e. The Morgan fingerprint density at radius 1 is 1.36 bits per heavy atom. The van der Waals surface area contributed by atoms with Gasteiger partial charge in [0.1, 0.15) is 11.6 Å². The van der Waals surface area contributed by atoms with Gasteiger partial charge in [-0.05, 0) is 32.8 Å². The van der Waals surface area contributed by atoms with Crippen LogP contribution in [0.3, 0.4) is 0 Å². The lowest BCUT2D eigenvalue weighted by atomic mass is 9.90. The number of aromatic nitrogens is 4. The van der Waals surface area contributed by atoms with Gasteiger partial charge in [0.05, 0.1) is 5.92 Å². The number of rotatable bonds is 3. The van der Waals surface area contributed by atoms with Crippen LogP contribution in [0.15, 0.2) is 24.7 Å². The van der Waals surface area contributed by atoms with Gasteiger partial charge in [-0.25, -0.2) is 9.97 Å². The second kappa shape index (κ2) is 5.75. The van der Waals surface area contributed by atoms with Gasteiger partial charge >= 0.3 is 5.97 Å². The van der Waals surface area contributed by atoms with E-state index >= 15 is 0 Å². The van der Waals surface area contributed by atoms with E-state index < -0.39 is 5.97 Å². The van der Waals surface area contributed by atoms with Crippen LogP contribution >= 0.6 is 0 Å². The van der Waals surface area contributed by atoms with Crippen LogP contribution in [0, 0.1) is 12.8 Å². The van der Waals surface area contributed by atoms with Gasteiger partial charge in [-0.2, -0.15) is 4.98 Å². The summed E-state index contributed by atoms with van der Waals surface area (Å²) < 4.78 is 1.81. The molecule has 0 saturated carbocycles. The number of carboxylic acids is 1. The Labute approximate surface area is 128 Å². The molecule has 0 unspecified atom stereocenters. The Kier molecular flexibility index (Phi) is 3.79. The van der Waals surface area contributed by atoms with E-state index in [2.05, 4.69) is 19.9 Å². The third-order valence-corrected chi connectivity index (χ3v) is 4.27. The first kappa shape index (κ1) is 14.5. The molecule has 1 saturated heterocycles. The van der Waals surface area contributed by atoms with Crippen LogP contribution in [0.5, 0.6) is 0 Å². The van der Waals surface area contributed by atoms with Crippen LogP contribution < -0.4 is 4.90 Å². The summed E-state index contributed by atoms with van der Waals surface area (Å²) in [6, 6.07) is 1.74. The predicted molar refractivity (Wildman–Crippen MR) is 81.1 cm³/mol. The molecule has 0 spiro atoms. The van der Waals surface area contributed by atoms with Crippen molar-refractivity contribution in [3.63, 3.8) is 0 Å². The lowest BCUT2D eigenvalue weighted by Gasteiger charge is -2.38. The molecule has 2 aromatic heterocycles. The van der Waals surface area contributed by atoms with Gasteiger partial charge in [0, 0.05) is 31.2 Å². The normalized spacial score (nSPS) is 21.8. The van der Waals surface area contributed by atoms with Crippen LogP contribution in [0.25, 0.3) is 5.95 Å². The number of carboxylic acid groups (broad SMARTS) is 1. The van der Waals surface area contributed by atoms with Crippen molar-refractivity contribution in [2.45, 2.75) is 32.7 Å². The van der Waals surface area contributed by atoms with Crippen molar-refractivity contribution in [2.24, 2.45) is 5.92 Å². The van der Waals surface area contributed by atoms with Gasteiger partial charge in [-0.15, -0.1) is 0 Å². The number of hydrogen-bond acceptors (Lipinski definition) is 5. The maximum atomic E-state index is 11.4. The zero-order valence-corrected chi connectivity index (χ0v) is 12.7. The molecule has 3 rings (SSSR count). The molecule has 0 radical (unpaired) electrons. The summed E-state index contributed by atoms with van der Waals surface area (Å²) in [6.45, 7) is 4.65. The third-order valence-electron chi connectivity index (χ3n) is 4.27. The largest absolute Gasteiger partial charge is 0.481 e. The van der Waals surface area contributed by atoms with Crippen LogP contribution in [0.2, 0.25) is 0 Å². The summed E-state index contributed by atoms with van der Waals surface area (Å²) in [7, 11) is 0. The topological polar surface area (TPSA) is 84.1 Å². The van der Waals surface area contributed by atoms with Crippen molar-refractivity contribution in [1.29, 1.82) is 0 Å². The van der Waals surface area contributed by atoms with E-state index in [1.807, 2.05) is 30.7 Å². The molecule has 0 aliphatic carbocycles. The highest BCUT2D eigenvalue weighted by Gasteiger charge is 2.33. The minimum absolute atomic E-state index is 0.0853. The highest BCUT2D eigenvalue weighted by atomic mass is 16.4. The zero-order valence-electron chi connectivity index (χ0n) is 12.7. The highest BCUT2D eigenvalue weighted by Crippen LogP contribution is 2.28. The minimum Gasteiger partial charge on any atom is -0.481 e. The number of anilines is 1. The molecule has 116 valence electrons. The molecule has 0 amide bonds. The van der Waals surface area contributed by atoms with Crippen molar-refractivity contribution in [3.8, 4) is 5.95 Å². The molecule has 1 fully saturated rings. The van der Waals surface area contributed by atoms with Crippen molar-refractivity contribution in [1.82, 2.24) is 19.5 Å². The molecule has 0 bridgehead atoms. The second-order valence-corrected chi connectivity index (χ2v) is 5.58. The van der Waals surface area contributed by atoms with Gasteiger partial charge in [0.25, 0.3) is 0 Å². The van der Waals surface area contributed by atoms with E-state index in [1.165, 1.54) is 0 Å². The van der Waals surface area contributed by atoms with Gasteiger partial charge in [-0.3, -0.25) is 9.36 Å². The third kappa shape index (κ3) is 2.54. The zero-order chi connectivity index (χ0) is 15.7. The van der Waals surface area contributed by atoms with E-state index in [4.69, 9.17) is 0 Å².